The van der Waals surface area contributed by atoms with Crippen molar-refractivity contribution in [1.82, 2.24) is 0 Å². The third-order valence-electron chi connectivity index (χ3n) is 3.86. The van der Waals surface area contributed by atoms with Gasteiger partial charge in [0, 0.05) is 0 Å². The molecule has 0 atom stereocenters. The topological polar surface area (TPSA) is 61.1 Å². The maximum absolute atomic E-state index is 11.3. The van der Waals surface area contributed by atoms with Gasteiger partial charge in [-0.2, -0.15) is 5.26 Å². The van der Waals surface area contributed by atoms with Crippen LogP contribution in [0.5, 0.6) is 0 Å². The first-order valence-corrected chi connectivity index (χ1v) is 9.39. The predicted octanol–water partition coefficient (Wildman–Crippen LogP) is 3.44. The molecule has 0 spiro atoms. The molecule has 0 fully saturated rings. The molecule has 1 N–H and O–H groups in total. The van der Waals surface area contributed by atoms with Crippen LogP contribution in [0.4, 0.5) is 0 Å². The summed E-state index contributed by atoms with van der Waals surface area (Å²) in [5.74, 6) is -1.22. The lowest BCUT2D eigenvalue weighted by atomic mass is 10.1. The molecular weight excluding hydrogens is 341 g/mol. The highest BCUT2D eigenvalue weighted by atomic mass is 31.1. The van der Waals surface area contributed by atoms with Crippen molar-refractivity contribution < 1.29 is 9.90 Å². The summed E-state index contributed by atoms with van der Waals surface area (Å²) in [7, 11) is -0.869. The Hall–Kier alpha value is -3.21. The van der Waals surface area contributed by atoms with Crippen molar-refractivity contribution in [1.29, 1.82) is 5.26 Å². The molecule has 0 unspecified atom stereocenters. The summed E-state index contributed by atoms with van der Waals surface area (Å²) in [5.41, 5.74) is 0.485. The molecule has 3 nitrogen and oxygen atoms in total. The quantitative estimate of drug-likeness (QED) is 0.432. The van der Waals surface area contributed by atoms with Crippen LogP contribution < -0.4 is 15.9 Å². The lowest BCUT2D eigenvalue weighted by molar-refractivity contribution is -0.132. The molecule has 26 heavy (non-hydrogen) atoms. The van der Waals surface area contributed by atoms with Crippen LogP contribution in [0, 0.1) is 11.3 Å². The van der Waals surface area contributed by atoms with Crippen LogP contribution in [0.25, 0.3) is 6.08 Å². The third-order valence-corrected chi connectivity index (χ3v) is 6.38. The summed E-state index contributed by atoms with van der Waals surface area (Å²) < 4.78 is 0. The van der Waals surface area contributed by atoms with Gasteiger partial charge in [-0.3, -0.25) is 0 Å². The minimum atomic E-state index is -1.22. The van der Waals surface area contributed by atoms with Crippen LogP contribution in [0.15, 0.2) is 90.5 Å². The SMILES string of the molecule is N#C/C(=C\c1ccccc1P(c1ccccc1)c1ccccc1)C(=O)O. The second-order valence-electron chi connectivity index (χ2n) is 5.54. The van der Waals surface area contributed by atoms with Crippen molar-refractivity contribution in [2.75, 3.05) is 0 Å². The Labute approximate surface area is 153 Å². The van der Waals surface area contributed by atoms with E-state index in [2.05, 4.69) is 24.3 Å². The Bertz CT molecular complexity index is 936. The summed E-state index contributed by atoms with van der Waals surface area (Å²) in [6, 6.07) is 29.7. The molecule has 0 aromatic heterocycles. The number of rotatable bonds is 5. The number of carboxylic acids is 1. The molecule has 0 aliphatic heterocycles. The van der Waals surface area contributed by atoms with Gasteiger partial charge in [0.1, 0.15) is 11.6 Å². The maximum atomic E-state index is 11.3. The smallest absolute Gasteiger partial charge is 0.346 e. The molecule has 0 saturated heterocycles. The molecule has 0 heterocycles. The third kappa shape index (κ3) is 3.88. The molecule has 3 rings (SSSR count). The first kappa shape index (κ1) is 17.6. The number of nitriles is 1. The lowest BCUT2D eigenvalue weighted by Crippen LogP contribution is -2.22. The number of hydrogen-bond donors (Lipinski definition) is 1. The van der Waals surface area contributed by atoms with Crippen molar-refractivity contribution in [3.8, 4) is 6.07 Å². The van der Waals surface area contributed by atoms with Crippen molar-refractivity contribution in [2.45, 2.75) is 0 Å². The molecule has 3 aromatic rings. The van der Waals surface area contributed by atoms with Crippen molar-refractivity contribution in [3.05, 3.63) is 96.1 Å². The highest BCUT2D eigenvalue weighted by molar-refractivity contribution is 7.80. The number of carboxylic acid groups (broad SMARTS) is 1. The predicted molar refractivity (Wildman–Crippen MR) is 106 cm³/mol. The summed E-state index contributed by atoms with van der Waals surface area (Å²) in [6.07, 6.45) is 1.46. The second kappa shape index (κ2) is 8.25. The van der Waals surface area contributed by atoms with Crippen LogP contribution in [0.3, 0.4) is 0 Å². The van der Waals surface area contributed by atoms with Gasteiger partial charge in [0.15, 0.2) is 0 Å². The molecule has 0 bridgehead atoms. The van der Waals surface area contributed by atoms with Crippen LogP contribution in [-0.2, 0) is 4.79 Å². The second-order valence-corrected chi connectivity index (χ2v) is 7.73. The van der Waals surface area contributed by atoms with Gasteiger partial charge in [-0.25, -0.2) is 4.79 Å². The summed E-state index contributed by atoms with van der Waals surface area (Å²) in [5, 5.41) is 21.7. The number of nitrogens with zero attached hydrogens (tertiary/aromatic N) is 1. The summed E-state index contributed by atoms with van der Waals surface area (Å²) >= 11 is 0. The number of benzene rings is 3. The Kier molecular flexibility index (Phi) is 5.59. The van der Waals surface area contributed by atoms with Crippen molar-refractivity contribution in [2.24, 2.45) is 0 Å². The van der Waals surface area contributed by atoms with E-state index in [-0.39, 0.29) is 5.57 Å². The van der Waals surface area contributed by atoms with Gasteiger partial charge in [-0.05, 0) is 35.5 Å². The minimum Gasteiger partial charge on any atom is -0.477 e. The molecule has 0 amide bonds. The standard InChI is InChI=1S/C22H16NO2P/c23-16-18(22(24)25)15-17-9-7-8-14-21(17)26(19-10-3-1-4-11-19)20-12-5-2-6-13-20/h1-15H,(H,24,25)/b18-15+. The fourth-order valence-corrected chi connectivity index (χ4v) is 5.12. The van der Waals surface area contributed by atoms with E-state index < -0.39 is 13.9 Å². The Morgan fingerprint density at radius 1 is 0.846 bits per heavy atom. The van der Waals surface area contributed by atoms with Crippen LogP contribution in [0.1, 0.15) is 5.56 Å². The van der Waals surface area contributed by atoms with Crippen LogP contribution >= 0.6 is 7.92 Å². The molecule has 4 heteroatoms. The molecule has 0 aliphatic rings. The average molecular weight is 357 g/mol. The zero-order valence-corrected chi connectivity index (χ0v) is 14.8. The molecule has 0 saturated carbocycles. The molecule has 0 aliphatic carbocycles. The van der Waals surface area contributed by atoms with Crippen molar-refractivity contribution in [3.63, 3.8) is 0 Å². The Morgan fingerprint density at radius 2 is 1.35 bits per heavy atom. The van der Waals surface area contributed by atoms with Gasteiger partial charge in [0.05, 0.1) is 0 Å². The molecule has 126 valence electrons. The average Bonchev–Trinajstić information content (AvgIpc) is 2.69. The largest absolute Gasteiger partial charge is 0.477 e. The zero-order valence-electron chi connectivity index (χ0n) is 13.9. The highest BCUT2D eigenvalue weighted by Crippen LogP contribution is 2.34. The van der Waals surface area contributed by atoms with E-state index in [0.29, 0.717) is 0 Å². The summed E-state index contributed by atoms with van der Waals surface area (Å²) in [6.45, 7) is 0. The molecular formula is C22H16NO2P. The fraction of sp³-hybridized carbons (Fsp3) is 0. The highest BCUT2D eigenvalue weighted by Gasteiger charge is 2.19. The molecule has 3 aromatic carbocycles. The first-order chi connectivity index (χ1) is 12.7. The van der Waals surface area contributed by atoms with E-state index in [1.165, 1.54) is 16.7 Å². The maximum Gasteiger partial charge on any atom is 0.346 e. The lowest BCUT2D eigenvalue weighted by Gasteiger charge is -2.21. The Balaban J connectivity index is 2.21. The Morgan fingerprint density at radius 3 is 1.85 bits per heavy atom. The van der Waals surface area contributed by atoms with Gasteiger partial charge < -0.3 is 5.11 Å². The normalized spacial score (nSPS) is 11.2. The zero-order chi connectivity index (χ0) is 18.4. The summed E-state index contributed by atoms with van der Waals surface area (Å²) in [4.78, 5) is 11.3. The first-order valence-electron chi connectivity index (χ1n) is 8.05. The van der Waals surface area contributed by atoms with Gasteiger partial charge in [-0.1, -0.05) is 84.9 Å². The number of hydrogen-bond acceptors (Lipinski definition) is 2. The minimum absolute atomic E-state index is 0.270. The van der Waals surface area contributed by atoms with Crippen molar-refractivity contribution >= 4 is 35.9 Å². The number of carbonyl (C=O) groups is 1. The van der Waals surface area contributed by atoms with E-state index >= 15 is 0 Å². The van der Waals surface area contributed by atoms with E-state index in [1.54, 1.807) is 6.07 Å². The van der Waals surface area contributed by atoms with E-state index in [4.69, 9.17) is 5.26 Å². The monoisotopic (exact) mass is 357 g/mol. The van der Waals surface area contributed by atoms with Gasteiger partial charge in [0.25, 0.3) is 0 Å². The van der Waals surface area contributed by atoms with Crippen LogP contribution in [0.2, 0.25) is 0 Å². The van der Waals surface area contributed by atoms with E-state index in [9.17, 15) is 9.90 Å². The van der Waals surface area contributed by atoms with Gasteiger partial charge in [0.2, 0.25) is 0 Å². The van der Waals surface area contributed by atoms with E-state index in [1.807, 2.05) is 60.7 Å². The van der Waals surface area contributed by atoms with Gasteiger partial charge in [-0.15, -0.1) is 0 Å². The fourth-order valence-electron chi connectivity index (χ4n) is 2.69. The number of aliphatic carboxylic acids is 1. The molecule has 0 radical (unpaired) electrons. The van der Waals surface area contributed by atoms with E-state index in [0.717, 1.165) is 10.9 Å². The van der Waals surface area contributed by atoms with Crippen LogP contribution in [-0.4, -0.2) is 11.1 Å². The van der Waals surface area contributed by atoms with Gasteiger partial charge >= 0.3 is 5.97 Å².